The molecule has 0 radical (unpaired) electrons. The molecule has 0 fully saturated rings. The van der Waals surface area contributed by atoms with Crippen molar-refractivity contribution in [3.8, 4) is 0 Å². The van der Waals surface area contributed by atoms with Crippen LogP contribution >= 0.6 is 11.3 Å². The molecule has 0 aliphatic heterocycles. The van der Waals surface area contributed by atoms with Crippen molar-refractivity contribution in [2.75, 3.05) is 0 Å². The SMILES string of the molecule is CC1CCc2c(sc3nnn(Cc4ccc(C(C)C)cc4)c(=O)c23)C1. The smallest absolute Gasteiger partial charge is 0.267 e. The first kappa shape index (κ1) is 16.5. The van der Waals surface area contributed by atoms with E-state index in [1.807, 2.05) is 0 Å². The Balaban J connectivity index is 1.71. The molecular formula is C20H23N3OS. The third kappa shape index (κ3) is 3.01. The highest BCUT2D eigenvalue weighted by Crippen LogP contribution is 2.35. The molecule has 5 heteroatoms. The zero-order valence-corrected chi connectivity index (χ0v) is 15.8. The minimum absolute atomic E-state index is 0.00462. The molecule has 0 N–H and O–H groups in total. The molecule has 0 spiro atoms. The molecule has 2 heterocycles. The van der Waals surface area contributed by atoms with E-state index >= 15 is 0 Å². The number of thiophene rings is 1. The Morgan fingerprint density at radius 2 is 2.04 bits per heavy atom. The maximum atomic E-state index is 13.0. The van der Waals surface area contributed by atoms with Gasteiger partial charge in [0.2, 0.25) is 0 Å². The molecule has 3 aromatic rings. The maximum Gasteiger partial charge on any atom is 0.279 e. The van der Waals surface area contributed by atoms with Crippen molar-refractivity contribution in [3.63, 3.8) is 0 Å². The van der Waals surface area contributed by atoms with Gasteiger partial charge in [-0.3, -0.25) is 4.79 Å². The molecule has 1 atom stereocenters. The van der Waals surface area contributed by atoms with Gasteiger partial charge in [0, 0.05) is 4.88 Å². The molecule has 2 aromatic heterocycles. The number of hydrogen-bond acceptors (Lipinski definition) is 4. The van der Waals surface area contributed by atoms with E-state index in [1.165, 1.54) is 20.7 Å². The third-order valence-corrected chi connectivity index (χ3v) is 6.30. The molecule has 130 valence electrons. The molecule has 25 heavy (non-hydrogen) atoms. The highest BCUT2D eigenvalue weighted by atomic mass is 32.1. The van der Waals surface area contributed by atoms with Crippen molar-refractivity contribution in [1.29, 1.82) is 0 Å². The molecule has 1 aromatic carbocycles. The molecule has 0 bridgehead atoms. The summed E-state index contributed by atoms with van der Waals surface area (Å²) < 4.78 is 1.51. The second-order valence-corrected chi connectivity index (χ2v) is 8.56. The molecule has 0 saturated heterocycles. The molecule has 1 aliphatic carbocycles. The fraction of sp³-hybridized carbons (Fsp3) is 0.450. The van der Waals surface area contributed by atoms with Crippen molar-refractivity contribution in [3.05, 3.63) is 56.2 Å². The monoisotopic (exact) mass is 353 g/mol. The number of rotatable bonds is 3. The molecule has 1 unspecified atom stereocenters. The van der Waals surface area contributed by atoms with E-state index in [4.69, 9.17) is 0 Å². The highest BCUT2D eigenvalue weighted by molar-refractivity contribution is 7.18. The average molecular weight is 353 g/mol. The number of benzene rings is 1. The Hall–Kier alpha value is -2.01. The molecule has 4 nitrogen and oxygen atoms in total. The van der Waals surface area contributed by atoms with Gasteiger partial charge in [-0.05, 0) is 47.8 Å². The first-order chi connectivity index (χ1) is 12.0. The zero-order valence-electron chi connectivity index (χ0n) is 15.0. The number of hydrogen-bond donors (Lipinski definition) is 0. The first-order valence-corrected chi connectivity index (χ1v) is 9.81. The van der Waals surface area contributed by atoms with Crippen molar-refractivity contribution >= 4 is 21.6 Å². The lowest BCUT2D eigenvalue weighted by Gasteiger charge is -2.17. The van der Waals surface area contributed by atoms with Gasteiger partial charge in [0.1, 0.15) is 0 Å². The lowest BCUT2D eigenvalue weighted by atomic mass is 9.89. The summed E-state index contributed by atoms with van der Waals surface area (Å²) in [6.07, 6.45) is 3.20. The Kier molecular flexibility index (Phi) is 4.20. The largest absolute Gasteiger partial charge is 0.279 e. The van der Waals surface area contributed by atoms with Crippen molar-refractivity contribution in [1.82, 2.24) is 15.0 Å². The number of aromatic nitrogens is 3. The first-order valence-electron chi connectivity index (χ1n) is 9.00. The van der Waals surface area contributed by atoms with Crippen molar-refractivity contribution in [2.24, 2.45) is 5.92 Å². The van der Waals surface area contributed by atoms with Gasteiger partial charge < -0.3 is 0 Å². The van der Waals surface area contributed by atoms with Crippen LogP contribution in [0.15, 0.2) is 29.1 Å². The van der Waals surface area contributed by atoms with Gasteiger partial charge in [-0.25, -0.2) is 4.68 Å². The summed E-state index contributed by atoms with van der Waals surface area (Å²) in [4.78, 5) is 15.1. The lowest BCUT2D eigenvalue weighted by molar-refractivity contribution is 0.508. The summed E-state index contributed by atoms with van der Waals surface area (Å²) >= 11 is 1.65. The number of nitrogens with zero attached hydrogens (tertiary/aromatic N) is 3. The predicted octanol–water partition coefficient (Wildman–Crippen LogP) is 4.15. The van der Waals surface area contributed by atoms with Crippen LogP contribution in [0.3, 0.4) is 0 Å². The molecule has 0 saturated carbocycles. The van der Waals surface area contributed by atoms with Gasteiger partial charge in [-0.1, -0.05) is 50.3 Å². The Labute approximate surface area is 151 Å². The summed E-state index contributed by atoms with van der Waals surface area (Å²) in [6, 6.07) is 8.42. The van der Waals surface area contributed by atoms with Crippen LogP contribution in [-0.4, -0.2) is 15.0 Å². The molecule has 0 amide bonds. The Morgan fingerprint density at radius 1 is 1.28 bits per heavy atom. The topological polar surface area (TPSA) is 47.8 Å². The summed E-state index contributed by atoms with van der Waals surface area (Å²) in [7, 11) is 0. The third-order valence-electron chi connectivity index (χ3n) is 5.16. The fourth-order valence-electron chi connectivity index (χ4n) is 3.58. The van der Waals surface area contributed by atoms with Gasteiger partial charge in [0.05, 0.1) is 11.9 Å². The van der Waals surface area contributed by atoms with Crippen LogP contribution in [0, 0.1) is 5.92 Å². The van der Waals surface area contributed by atoms with Gasteiger partial charge >= 0.3 is 0 Å². The Bertz CT molecular complexity index is 969. The minimum Gasteiger partial charge on any atom is -0.267 e. The number of aryl methyl sites for hydroxylation is 1. The molecular weight excluding hydrogens is 330 g/mol. The van der Waals surface area contributed by atoms with Crippen LogP contribution < -0.4 is 5.56 Å². The van der Waals surface area contributed by atoms with Crippen LogP contribution in [0.5, 0.6) is 0 Å². The summed E-state index contributed by atoms with van der Waals surface area (Å²) in [5.41, 5.74) is 3.61. The van der Waals surface area contributed by atoms with Gasteiger partial charge in [0.15, 0.2) is 4.83 Å². The second kappa shape index (κ2) is 6.37. The van der Waals surface area contributed by atoms with Crippen LogP contribution in [0.25, 0.3) is 10.2 Å². The average Bonchev–Trinajstić information content (AvgIpc) is 2.96. The minimum atomic E-state index is 0.00462. The number of fused-ring (bicyclic) bond motifs is 3. The predicted molar refractivity (Wildman–Crippen MR) is 102 cm³/mol. The normalized spacial score (nSPS) is 17.2. The lowest BCUT2D eigenvalue weighted by Crippen LogP contribution is -2.25. The van der Waals surface area contributed by atoms with Crippen LogP contribution in [-0.2, 0) is 19.4 Å². The molecule has 1 aliphatic rings. The quantitative estimate of drug-likeness (QED) is 0.711. The van der Waals surface area contributed by atoms with Gasteiger partial charge in [0.25, 0.3) is 5.56 Å². The van der Waals surface area contributed by atoms with Gasteiger partial charge in [-0.15, -0.1) is 16.4 Å². The van der Waals surface area contributed by atoms with Crippen molar-refractivity contribution < 1.29 is 0 Å². The summed E-state index contributed by atoms with van der Waals surface area (Å²) in [6.45, 7) is 7.11. The summed E-state index contributed by atoms with van der Waals surface area (Å²) in [5, 5.41) is 9.34. The van der Waals surface area contributed by atoms with E-state index in [0.717, 1.165) is 35.0 Å². The highest BCUT2D eigenvalue weighted by Gasteiger charge is 2.23. The van der Waals surface area contributed by atoms with E-state index in [0.29, 0.717) is 18.4 Å². The van der Waals surface area contributed by atoms with E-state index in [2.05, 4.69) is 55.3 Å². The van der Waals surface area contributed by atoms with Crippen LogP contribution in [0.4, 0.5) is 0 Å². The van der Waals surface area contributed by atoms with E-state index in [9.17, 15) is 4.79 Å². The van der Waals surface area contributed by atoms with Crippen LogP contribution in [0.1, 0.15) is 54.7 Å². The zero-order chi connectivity index (χ0) is 17.6. The maximum absolute atomic E-state index is 13.0. The van der Waals surface area contributed by atoms with Crippen LogP contribution in [0.2, 0.25) is 0 Å². The van der Waals surface area contributed by atoms with E-state index in [-0.39, 0.29) is 5.56 Å². The summed E-state index contributed by atoms with van der Waals surface area (Å²) in [5.74, 6) is 1.20. The van der Waals surface area contributed by atoms with Gasteiger partial charge in [-0.2, -0.15) is 0 Å². The van der Waals surface area contributed by atoms with E-state index in [1.54, 1.807) is 11.3 Å². The molecule has 4 rings (SSSR count). The second-order valence-electron chi connectivity index (χ2n) is 7.48. The standard InChI is InChI=1S/C20H23N3OS/c1-12(2)15-7-5-14(6-8-15)11-23-20(24)18-16-9-4-13(3)10-17(16)25-19(18)21-22-23/h5-8,12-13H,4,9-11H2,1-3H3. The van der Waals surface area contributed by atoms with E-state index < -0.39 is 0 Å². The Morgan fingerprint density at radius 3 is 2.76 bits per heavy atom. The van der Waals surface area contributed by atoms with Crippen molar-refractivity contribution in [2.45, 2.75) is 52.5 Å². The fourth-order valence-corrected chi connectivity index (χ4v) is 4.89.